The predicted octanol–water partition coefficient (Wildman–Crippen LogP) is 3.06. The summed E-state index contributed by atoms with van der Waals surface area (Å²) in [4.78, 5) is 12.0. The average Bonchev–Trinajstić information content (AvgIpc) is 2.38. The van der Waals surface area contributed by atoms with Crippen LogP contribution in [0.15, 0.2) is 24.3 Å². The fraction of sp³-hybridized carbons (Fsp3) is 0.533. The van der Waals surface area contributed by atoms with Crippen molar-refractivity contribution in [3.05, 3.63) is 34.9 Å². The number of hydrogen-bond acceptors (Lipinski definition) is 3. The maximum Gasteiger partial charge on any atom is 0.326 e. The number of hydrogen-bond donors (Lipinski definition) is 1. The van der Waals surface area contributed by atoms with E-state index < -0.39 is 5.54 Å². The Kier molecular flexibility index (Phi) is 5.83. The minimum atomic E-state index is -0.715. The summed E-state index contributed by atoms with van der Waals surface area (Å²) >= 11 is 5.87. The van der Waals surface area contributed by atoms with Crippen molar-refractivity contribution in [3.8, 4) is 0 Å². The van der Waals surface area contributed by atoms with Crippen molar-refractivity contribution in [2.24, 2.45) is 5.92 Å². The SMILES string of the molecule is COC(=O)C(C)(Cc1ccc(Cl)cc1)NCC(C)C. The number of carbonyl (C=O) groups is 1. The summed E-state index contributed by atoms with van der Waals surface area (Å²) in [6, 6.07) is 7.52. The van der Waals surface area contributed by atoms with Gasteiger partial charge in [0.05, 0.1) is 7.11 Å². The van der Waals surface area contributed by atoms with Crippen LogP contribution in [-0.4, -0.2) is 25.2 Å². The summed E-state index contributed by atoms with van der Waals surface area (Å²) in [5.74, 6) is 0.220. The molecule has 0 aliphatic heterocycles. The van der Waals surface area contributed by atoms with Gasteiger partial charge in [0, 0.05) is 11.4 Å². The van der Waals surface area contributed by atoms with E-state index in [2.05, 4.69) is 19.2 Å². The van der Waals surface area contributed by atoms with Gasteiger partial charge < -0.3 is 10.1 Å². The molecule has 0 saturated heterocycles. The lowest BCUT2D eigenvalue weighted by Gasteiger charge is -2.29. The Bertz CT molecular complexity index is 417. The lowest BCUT2D eigenvalue weighted by atomic mass is 9.92. The molecule has 1 aromatic rings. The molecule has 0 spiro atoms. The number of esters is 1. The normalized spacial score (nSPS) is 14.2. The van der Waals surface area contributed by atoms with Gasteiger partial charge in [0.25, 0.3) is 0 Å². The van der Waals surface area contributed by atoms with E-state index in [1.54, 1.807) is 0 Å². The van der Waals surface area contributed by atoms with Crippen molar-refractivity contribution < 1.29 is 9.53 Å². The average molecular weight is 284 g/mol. The Balaban J connectivity index is 2.84. The Labute approximate surface area is 120 Å². The summed E-state index contributed by atoms with van der Waals surface area (Å²) < 4.78 is 4.92. The van der Waals surface area contributed by atoms with Gasteiger partial charge in [-0.05, 0) is 37.1 Å². The Morgan fingerprint density at radius 2 is 1.95 bits per heavy atom. The Morgan fingerprint density at radius 1 is 1.37 bits per heavy atom. The molecule has 0 fully saturated rings. The number of methoxy groups -OCH3 is 1. The molecule has 0 amide bonds. The molecule has 0 heterocycles. The van der Waals surface area contributed by atoms with E-state index in [0.29, 0.717) is 17.4 Å². The number of rotatable bonds is 6. The van der Waals surface area contributed by atoms with Crippen LogP contribution >= 0.6 is 11.6 Å². The molecule has 0 radical (unpaired) electrons. The van der Waals surface area contributed by atoms with Crippen LogP contribution in [0.5, 0.6) is 0 Å². The number of ether oxygens (including phenoxy) is 1. The highest BCUT2D eigenvalue weighted by atomic mass is 35.5. The summed E-state index contributed by atoms with van der Waals surface area (Å²) in [6.45, 7) is 6.84. The zero-order valence-electron chi connectivity index (χ0n) is 12.0. The fourth-order valence-corrected chi connectivity index (χ4v) is 2.00. The van der Waals surface area contributed by atoms with Gasteiger partial charge in [0.1, 0.15) is 5.54 Å². The summed E-state index contributed by atoms with van der Waals surface area (Å²) in [5.41, 5.74) is 0.334. The van der Waals surface area contributed by atoms with Gasteiger partial charge in [0.2, 0.25) is 0 Å². The molecule has 1 aromatic carbocycles. The lowest BCUT2D eigenvalue weighted by Crippen LogP contribution is -2.53. The van der Waals surface area contributed by atoms with Crippen molar-refractivity contribution in [1.82, 2.24) is 5.32 Å². The monoisotopic (exact) mass is 283 g/mol. The molecule has 0 aliphatic rings. The van der Waals surface area contributed by atoms with Crippen molar-refractivity contribution >= 4 is 17.6 Å². The van der Waals surface area contributed by atoms with Crippen LogP contribution in [0.25, 0.3) is 0 Å². The van der Waals surface area contributed by atoms with Crippen molar-refractivity contribution in [2.75, 3.05) is 13.7 Å². The Morgan fingerprint density at radius 3 is 2.42 bits per heavy atom. The van der Waals surface area contributed by atoms with E-state index >= 15 is 0 Å². The van der Waals surface area contributed by atoms with Crippen LogP contribution in [0.4, 0.5) is 0 Å². The highest BCUT2D eigenvalue weighted by molar-refractivity contribution is 6.30. The molecule has 0 aromatic heterocycles. The van der Waals surface area contributed by atoms with Gasteiger partial charge in [-0.25, -0.2) is 0 Å². The van der Waals surface area contributed by atoms with Crippen molar-refractivity contribution in [1.29, 1.82) is 0 Å². The van der Waals surface area contributed by atoms with Gasteiger partial charge in [0.15, 0.2) is 0 Å². The highest BCUT2D eigenvalue weighted by Gasteiger charge is 2.34. The lowest BCUT2D eigenvalue weighted by molar-refractivity contribution is -0.148. The minimum Gasteiger partial charge on any atom is -0.468 e. The van der Waals surface area contributed by atoms with Gasteiger partial charge in [-0.3, -0.25) is 4.79 Å². The fourth-order valence-electron chi connectivity index (χ4n) is 1.87. The molecule has 0 saturated carbocycles. The number of nitrogens with one attached hydrogen (secondary N) is 1. The number of halogens is 1. The van der Waals surface area contributed by atoms with E-state index in [1.165, 1.54) is 7.11 Å². The molecule has 0 bridgehead atoms. The molecule has 1 rings (SSSR count). The van der Waals surface area contributed by atoms with Gasteiger partial charge in [-0.1, -0.05) is 37.6 Å². The van der Waals surface area contributed by atoms with Gasteiger partial charge >= 0.3 is 5.97 Å². The molecule has 4 heteroatoms. The molecule has 3 nitrogen and oxygen atoms in total. The van der Waals surface area contributed by atoms with E-state index in [4.69, 9.17) is 16.3 Å². The van der Waals surface area contributed by atoms with Crippen molar-refractivity contribution in [3.63, 3.8) is 0 Å². The second kappa shape index (κ2) is 6.92. The van der Waals surface area contributed by atoms with E-state index in [1.807, 2.05) is 31.2 Å². The second-order valence-corrected chi connectivity index (χ2v) is 5.84. The number of benzene rings is 1. The molecule has 1 N–H and O–H groups in total. The largest absolute Gasteiger partial charge is 0.468 e. The standard InChI is InChI=1S/C15H22ClNO2/c1-11(2)10-17-15(3,14(18)19-4)9-12-5-7-13(16)8-6-12/h5-8,11,17H,9-10H2,1-4H3. The van der Waals surface area contributed by atoms with Crippen LogP contribution in [0.3, 0.4) is 0 Å². The maximum atomic E-state index is 12.0. The molecular weight excluding hydrogens is 262 g/mol. The van der Waals surface area contributed by atoms with E-state index in [9.17, 15) is 4.79 Å². The van der Waals surface area contributed by atoms with Crippen LogP contribution in [-0.2, 0) is 16.0 Å². The predicted molar refractivity (Wildman–Crippen MR) is 78.4 cm³/mol. The second-order valence-electron chi connectivity index (χ2n) is 5.40. The third-order valence-corrected chi connectivity index (χ3v) is 3.26. The zero-order chi connectivity index (χ0) is 14.5. The first kappa shape index (κ1) is 16.0. The summed E-state index contributed by atoms with van der Waals surface area (Å²) in [7, 11) is 1.42. The third kappa shape index (κ3) is 4.84. The topological polar surface area (TPSA) is 38.3 Å². The first-order valence-corrected chi connectivity index (χ1v) is 6.83. The number of carbonyl (C=O) groups excluding carboxylic acids is 1. The molecule has 0 aliphatic carbocycles. The molecule has 1 atom stereocenters. The van der Waals surface area contributed by atoms with Crippen LogP contribution < -0.4 is 5.32 Å². The smallest absolute Gasteiger partial charge is 0.326 e. The van der Waals surface area contributed by atoms with Crippen LogP contribution in [0.1, 0.15) is 26.3 Å². The summed E-state index contributed by atoms with van der Waals surface area (Å²) in [5, 5.41) is 4.00. The quantitative estimate of drug-likeness (QED) is 0.816. The third-order valence-electron chi connectivity index (χ3n) is 3.01. The van der Waals surface area contributed by atoms with E-state index in [-0.39, 0.29) is 5.97 Å². The first-order valence-electron chi connectivity index (χ1n) is 6.45. The summed E-state index contributed by atoms with van der Waals surface area (Å²) in [6.07, 6.45) is 0.573. The van der Waals surface area contributed by atoms with Crippen LogP contribution in [0, 0.1) is 5.92 Å². The highest BCUT2D eigenvalue weighted by Crippen LogP contribution is 2.18. The molecule has 106 valence electrons. The molecular formula is C15H22ClNO2. The molecule has 1 unspecified atom stereocenters. The van der Waals surface area contributed by atoms with Gasteiger partial charge in [-0.15, -0.1) is 0 Å². The Hall–Kier alpha value is -1.06. The maximum absolute atomic E-state index is 12.0. The molecule has 19 heavy (non-hydrogen) atoms. The first-order chi connectivity index (χ1) is 8.87. The van der Waals surface area contributed by atoms with Gasteiger partial charge in [-0.2, -0.15) is 0 Å². The van der Waals surface area contributed by atoms with Crippen LogP contribution in [0.2, 0.25) is 5.02 Å². The van der Waals surface area contributed by atoms with E-state index in [0.717, 1.165) is 12.1 Å². The van der Waals surface area contributed by atoms with Crippen molar-refractivity contribution in [2.45, 2.75) is 32.7 Å². The zero-order valence-corrected chi connectivity index (χ0v) is 12.8. The minimum absolute atomic E-state index is 0.247.